The Labute approximate surface area is 119 Å². The van der Waals surface area contributed by atoms with Crippen LogP contribution in [-0.2, 0) is 10.0 Å². The molecule has 0 bridgehead atoms. The highest BCUT2D eigenvalue weighted by Gasteiger charge is 2.36. The van der Waals surface area contributed by atoms with Crippen molar-refractivity contribution in [3.8, 4) is 0 Å². The second-order valence-electron chi connectivity index (χ2n) is 5.84. The van der Waals surface area contributed by atoms with Crippen LogP contribution < -0.4 is 5.56 Å². The predicted octanol–water partition coefficient (Wildman–Crippen LogP) is 1.58. The summed E-state index contributed by atoms with van der Waals surface area (Å²) in [6.07, 6.45) is 7.15. The molecule has 2 heterocycles. The van der Waals surface area contributed by atoms with Crippen LogP contribution in [0.25, 0.3) is 0 Å². The molecule has 2 atom stereocenters. The van der Waals surface area contributed by atoms with E-state index in [-0.39, 0.29) is 10.5 Å². The fourth-order valence-corrected chi connectivity index (χ4v) is 4.97. The Morgan fingerprint density at radius 1 is 1.10 bits per heavy atom. The molecule has 0 radical (unpaired) electrons. The number of nitrogens with one attached hydrogen (secondary N) is 1. The summed E-state index contributed by atoms with van der Waals surface area (Å²) in [6, 6.07) is 2.65. The Balaban J connectivity index is 1.81. The van der Waals surface area contributed by atoms with Crippen molar-refractivity contribution in [2.24, 2.45) is 11.8 Å². The van der Waals surface area contributed by atoms with E-state index in [1.807, 2.05) is 0 Å². The number of aromatic amines is 1. The smallest absolute Gasteiger partial charge is 0.247 e. The summed E-state index contributed by atoms with van der Waals surface area (Å²) in [7, 11) is -3.47. The summed E-state index contributed by atoms with van der Waals surface area (Å²) >= 11 is 0. The van der Waals surface area contributed by atoms with E-state index in [2.05, 4.69) is 4.98 Å². The van der Waals surface area contributed by atoms with E-state index < -0.39 is 10.0 Å². The number of hydrogen-bond acceptors (Lipinski definition) is 3. The maximum atomic E-state index is 12.6. The molecule has 5 nitrogen and oxygen atoms in total. The van der Waals surface area contributed by atoms with Crippen LogP contribution in [0.15, 0.2) is 28.0 Å². The third-order valence-electron chi connectivity index (χ3n) is 4.65. The molecular formula is C14H20N2O3S. The minimum atomic E-state index is -3.47. The average Bonchev–Trinajstić information content (AvgIpc) is 2.47. The quantitative estimate of drug-likeness (QED) is 0.900. The van der Waals surface area contributed by atoms with E-state index >= 15 is 0 Å². The van der Waals surface area contributed by atoms with Crippen molar-refractivity contribution in [2.45, 2.75) is 37.0 Å². The molecule has 110 valence electrons. The van der Waals surface area contributed by atoms with Gasteiger partial charge in [0, 0.05) is 25.4 Å². The van der Waals surface area contributed by atoms with E-state index in [1.54, 1.807) is 4.31 Å². The number of pyridine rings is 1. The number of fused-ring (bicyclic) bond motifs is 1. The molecule has 1 saturated heterocycles. The van der Waals surface area contributed by atoms with Gasteiger partial charge in [0.25, 0.3) is 0 Å². The van der Waals surface area contributed by atoms with Crippen LogP contribution in [0.5, 0.6) is 0 Å². The zero-order chi connectivity index (χ0) is 14.2. The van der Waals surface area contributed by atoms with Gasteiger partial charge < -0.3 is 4.98 Å². The van der Waals surface area contributed by atoms with Gasteiger partial charge in [-0.15, -0.1) is 0 Å². The van der Waals surface area contributed by atoms with Gasteiger partial charge in [0.05, 0.1) is 4.90 Å². The van der Waals surface area contributed by atoms with Gasteiger partial charge in [-0.25, -0.2) is 8.42 Å². The third-order valence-corrected chi connectivity index (χ3v) is 6.51. The first-order chi connectivity index (χ1) is 9.57. The maximum Gasteiger partial charge on any atom is 0.247 e. The molecule has 1 N–H and O–H groups in total. The minimum Gasteiger partial charge on any atom is -0.328 e. The Morgan fingerprint density at radius 2 is 1.85 bits per heavy atom. The highest BCUT2D eigenvalue weighted by atomic mass is 32.2. The number of piperidine rings is 1. The molecular weight excluding hydrogens is 276 g/mol. The molecule has 1 aliphatic heterocycles. The van der Waals surface area contributed by atoms with Crippen LogP contribution in [0.3, 0.4) is 0 Å². The van der Waals surface area contributed by atoms with Gasteiger partial charge in [0.2, 0.25) is 15.6 Å². The molecule has 1 aliphatic carbocycles. The van der Waals surface area contributed by atoms with Crippen molar-refractivity contribution < 1.29 is 8.42 Å². The maximum absolute atomic E-state index is 12.6. The Kier molecular flexibility index (Phi) is 3.69. The Hall–Kier alpha value is -1.14. The summed E-state index contributed by atoms with van der Waals surface area (Å²) in [5, 5.41) is 0. The minimum absolute atomic E-state index is 0.186. The van der Waals surface area contributed by atoms with Crippen LogP contribution in [0.1, 0.15) is 32.1 Å². The van der Waals surface area contributed by atoms with Crippen molar-refractivity contribution in [2.75, 3.05) is 13.1 Å². The standard InChI is InChI=1S/C14H20N2O3S/c17-14-6-5-13(9-15-14)20(18,19)16-8-7-11-3-1-2-4-12(11)10-16/h5-6,9,11-12H,1-4,7-8,10H2,(H,15,17). The molecule has 0 aromatic carbocycles. The van der Waals surface area contributed by atoms with E-state index in [4.69, 9.17) is 0 Å². The van der Waals surface area contributed by atoms with Crippen molar-refractivity contribution in [3.63, 3.8) is 0 Å². The van der Waals surface area contributed by atoms with Gasteiger partial charge in [-0.1, -0.05) is 19.3 Å². The SMILES string of the molecule is O=c1ccc(S(=O)(=O)N2CCC3CCCCC3C2)c[nH]1. The lowest BCUT2D eigenvalue weighted by Crippen LogP contribution is -2.44. The molecule has 1 aromatic heterocycles. The zero-order valence-electron chi connectivity index (χ0n) is 11.4. The molecule has 2 fully saturated rings. The lowest BCUT2D eigenvalue weighted by Gasteiger charge is -2.40. The van der Waals surface area contributed by atoms with Gasteiger partial charge in [-0.05, 0) is 30.7 Å². The van der Waals surface area contributed by atoms with Crippen LogP contribution in [-0.4, -0.2) is 30.8 Å². The molecule has 3 rings (SSSR count). The molecule has 0 spiro atoms. The van der Waals surface area contributed by atoms with Gasteiger partial charge >= 0.3 is 0 Å². The number of H-pyrrole nitrogens is 1. The van der Waals surface area contributed by atoms with Crippen LogP contribution in [0.4, 0.5) is 0 Å². The Morgan fingerprint density at radius 3 is 2.55 bits per heavy atom. The molecule has 2 aliphatic rings. The van der Waals surface area contributed by atoms with Gasteiger partial charge in [-0.3, -0.25) is 4.79 Å². The fourth-order valence-electron chi connectivity index (χ4n) is 3.49. The molecule has 1 saturated carbocycles. The monoisotopic (exact) mass is 296 g/mol. The van der Waals surface area contributed by atoms with E-state index in [0.29, 0.717) is 24.9 Å². The van der Waals surface area contributed by atoms with Crippen molar-refractivity contribution in [1.29, 1.82) is 0 Å². The number of sulfonamides is 1. The highest BCUT2D eigenvalue weighted by Crippen LogP contribution is 2.37. The largest absolute Gasteiger partial charge is 0.328 e. The molecule has 2 unspecified atom stereocenters. The normalized spacial score (nSPS) is 28.0. The topological polar surface area (TPSA) is 70.2 Å². The first kappa shape index (κ1) is 13.8. The fraction of sp³-hybridized carbons (Fsp3) is 0.643. The Bertz CT molecular complexity index is 618. The molecule has 20 heavy (non-hydrogen) atoms. The molecule has 1 aromatic rings. The first-order valence-corrected chi connectivity index (χ1v) is 8.70. The van der Waals surface area contributed by atoms with Crippen LogP contribution >= 0.6 is 0 Å². The average molecular weight is 296 g/mol. The number of aromatic nitrogens is 1. The van der Waals surface area contributed by atoms with Gasteiger partial charge in [0.15, 0.2) is 0 Å². The van der Waals surface area contributed by atoms with Gasteiger partial charge in [-0.2, -0.15) is 4.31 Å². The lowest BCUT2D eigenvalue weighted by molar-refractivity contribution is 0.136. The van der Waals surface area contributed by atoms with Crippen molar-refractivity contribution in [3.05, 3.63) is 28.7 Å². The number of nitrogens with zero attached hydrogens (tertiary/aromatic N) is 1. The number of hydrogen-bond donors (Lipinski definition) is 1. The predicted molar refractivity (Wildman–Crippen MR) is 75.9 cm³/mol. The van der Waals surface area contributed by atoms with Crippen molar-refractivity contribution >= 4 is 10.0 Å². The van der Waals surface area contributed by atoms with E-state index in [0.717, 1.165) is 12.8 Å². The van der Waals surface area contributed by atoms with Crippen molar-refractivity contribution in [1.82, 2.24) is 9.29 Å². The summed E-state index contributed by atoms with van der Waals surface area (Å²) in [6.45, 7) is 1.23. The zero-order valence-corrected chi connectivity index (χ0v) is 12.2. The molecule has 6 heteroatoms. The summed E-state index contributed by atoms with van der Waals surface area (Å²) < 4.78 is 26.7. The molecule has 0 amide bonds. The lowest BCUT2D eigenvalue weighted by atomic mass is 9.76. The van der Waals surface area contributed by atoms with E-state index in [9.17, 15) is 13.2 Å². The van der Waals surface area contributed by atoms with E-state index in [1.165, 1.54) is 37.6 Å². The summed E-state index contributed by atoms with van der Waals surface area (Å²) in [4.78, 5) is 13.7. The summed E-state index contributed by atoms with van der Waals surface area (Å²) in [5.41, 5.74) is -0.282. The second-order valence-corrected chi connectivity index (χ2v) is 7.78. The summed E-state index contributed by atoms with van der Waals surface area (Å²) in [5.74, 6) is 1.21. The van der Waals surface area contributed by atoms with Crippen LogP contribution in [0, 0.1) is 11.8 Å². The van der Waals surface area contributed by atoms with Crippen LogP contribution in [0.2, 0.25) is 0 Å². The second kappa shape index (κ2) is 5.33. The van der Waals surface area contributed by atoms with Gasteiger partial charge in [0.1, 0.15) is 0 Å². The highest BCUT2D eigenvalue weighted by molar-refractivity contribution is 7.89. The number of rotatable bonds is 2. The first-order valence-electron chi connectivity index (χ1n) is 7.26. The third kappa shape index (κ3) is 2.54.